The van der Waals surface area contributed by atoms with Crippen molar-refractivity contribution in [3.63, 3.8) is 0 Å². The van der Waals surface area contributed by atoms with Crippen LogP contribution in [0.25, 0.3) is 5.69 Å². The molecule has 0 aliphatic carbocycles. The molecule has 3 rings (SSSR count). The van der Waals surface area contributed by atoms with Gasteiger partial charge in [-0.15, -0.1) is 5.10 Å². The van der Waals surface area contributed by atoms with Crippen LogP contribution in [0.4, 0.5) is 5.69 Å². The Morgan fingerprint density at radius 3 is 2.40 bits per heavy atom. The quantitative estimate of drug-likeness (QED) is 0.800. The van der Waals surface area contributed by atoms with Crippen LogP contribution in [0.2, 0.25) is 0 Å². The van der Waals surface area contributed by atoms with Crippen LogP contribution in [0.3, 0.4) is 0 Å². The summed E-state index contributed by atoms with van der Waals surface area (Å²) >= 11 is 0. The lowest BCUT2D eigenvalue weighted by molar-refractivity contribution is 0.109. The summed E-state index contributed by atoms with van der Waals surface area (Å²) in [5, 5.41) is 11.2. The van der Waals surface area contributed by atoms with E-state index in [0.717, 1.165) is 49.8 Å². The molecule has 6 nitrogen and oxygen atoms in total. The highest BCUT2D eigenvalue weighted by Crippen LogP contribution is 2.09. The van der Waals surface area contributed by atoms with Crippen LogP contribution in [-0.4, -0.2) is 41.3 Å². The monoisotopic (exact) mass is 275 g/mol. The summed E-state index contributed by atoms with van der Waals surface area (Å²) in [5.41, 5.74) is 8.31. The minimum absolute atomic E-state index is 0.754. The third-order valence-corrected chi connectivity index (χ3v) is 2.91. The number of aryl methyl sites for hydroxylation is 1. The van der Waals surface area contributed by atoms with Crippen molar-refractivity contribution < 1.29 is 4.74 Å². The van der Waals surface area contributed by atoms with Gasteiger partial charge in [0.2, 0.25) is 0 Å². The molecule has 1 aromatic carbocycles. The van der Waals surface area contributed by atoms with Crippen molar-refractivity contribution in [3.05, 3.63) is 36.2 Å². The summed E-state index contributed by atoms with van der Waals surface area (Å²) in [4.78, 5) is 0. The second kappa shape index (κ2) is 7.62. The van der Waals surface area contributed by atoms with E-state index in [4.69, 9.17) is 10.5 Å². The Bertz CT molecular complexity index is 493. The largest absolute Gasteiger partial charge is 0.399 e. The molecular formula is C14H21N5O. The first-order valence-corrected chi connectivity index (χ1v) is 6.85. The summed E-state index contributed by atoms with van der Waals surface area (Å²) in [6.45, 7) is 5.89. The molecule has 108 valence electrons. The van der Waals surface area contributed by atoms with E-state index in [1.807, 2.05) is 30.5 Å². The summed E-state index contributed by atoms with van der Waals surface area (Å²) in [6.07, 6.45) is 2.82. The van der Waals surface area contributed by atoms with Crippen LogP contribution >= 0.6 is 0 Å². The number of nitrogens with zero attached hydrogens (tertiary/aromatic N) is 3. The van der Waals surface area contributed by atoms with Gasteiger partial charge in [-0.05, 0) is 30.7 Å². The number of nitrogens with two attached hydrogens (primary N) is 1. The Hall–Kier alpha value is -1.92. The first-order valence-electron chi connectivity index (χ1n) is 6.85. The molecule has 0 saturated carbocycles. The lowest BCUT2D eigenvalue weighted by Crippen LogP contribution is -2.30. The Labute approximate surface area is 118 Å². The number of rotatable bonds is 2. The maximum absolute atomic E-state index is 5.59. The molecule has 1 fully saturated rings. The fourth-order valence-corrected chi connectivity index (χ4v) is 1.73. The Morgan fingerprint density at radius 2 is 1.95 bits per heavy atom. The number of benzene rings is 1. The number of anilines is 1. The predicted molar refractivity (Wildman–Crippen MR) is 78.8 cm³/mol. The van der Waals surface area contributed by atoms with E-state index in [1.54, 1.807) is 4.68 Å². The molecule has 6 heteroatoms. The van der Waals surface area contributed by atoms with Gasteiger partial charge in [0.1, 0.15) is 0 Å². The first-order chi connectivity index (χ1) is 9.79. The topological polar surface area (TPSA) is 78.0 Å². The van der Waals surface area contributed by atoms with Crippen molar-refractivity contribution >= 4 is 5.69 Å². The van der Waals surface area contributed by atoms with E-state index >= 15 is 0 Å². The van der Waals surface area contributed by atoms with E-state index < -0.39 is 0 Å². The van der Waals surface area contributed by atoms with E-state index in [9.17, 15) is 0 Å². The summed E-state index contributed by atoms with van der Waals surface area (Å²) in [5.74, 6) is 0. The van der Waals surface area contributed by atoms with Crippen molar-refractivity contribution in [2.45, 2.75) is 13.3 Å². The van der Waals surface area contributed by atoms with Crippen molar-refractivity contribution in [1.82, 2.24) is 20.3 Å². The van der Waals surface area contributed by atoms with Gasteiger partial charge < -0.3 is 15.8 Å². The molecule has 1 saturated heterocycles. The van der Waals surface area contributed by atoms with Crippen molar-refractivity contribution in [1.29, 1.82) is 0 Å². The van der Waals surface area contributed by atoms with Crippen LogP contribution in [0.1, 0.15) is 12.6 Å². The number of morpholine rings is 1. The van der Waals surface area contributed by atoms with E-state index in [-0.39, 0.29) is 0 Å². The maximum atomic E-state index is 5.59. The third kappa shape index (κ3) is 4.32. The second-order valence-corrected chi connectivity index (χ2v) is 4.46. The number of nitrogens with one attached hydrogen (secondary N) is 1. The Kier molecular flexibility index (Phi) is 5.52. The third-order valence-electron chi connectivity index (χ3n) is 2.91. The number of ether oxygens (including phenoxy) is 1. The Balaban J connectivity index is 0.000000205. The lowest BCUT2D eigenvalue weighted by atomic mass is 10.3. The number of aromatic nitrogens is 3. The highest BCUT2D eigenvalue weighted by Gasteiger charge is 1.99. The second-order valence-electron chi connectivity index (χ2n) is 4.46. The van der Waals surface area contributed by atoms with Gasteiger partial charge >= 0.3 is 0 Å². The molecule has 0 bridgehead atoms. The van der Waals surface area contributed by atoms with Crippen molar-refractivity contribution in [3.8, 4) is 5.69 Å². The SMILES string of the molecule is C1COCCN1.CCc1cn(-c2ccc(N)cc2)nn1. The number of hydrogen-bond donors (Lipinski definition) is 2. The molecular weight excluding hydrogens is 254 g/mol. The molecule has 2 heterocycles. The fourth-order valence-electron chi connectivity index (χ4n) is 1.73. The molecule has 0 amide bonds. The smallest absolute Gasteiger partial charge is 0.0829 e. The highest BCUT2D eigenvalue weighted by atomic mass is 16.5. The van der Waals surface area contributed by atoms with Gasteiger partial charge in [-0.3, -0.25) is 0 Å². The molecule has 0 atom stereocenters. The van der Waals surface area contributed by atoms with Gasteiger partial charge in [0.05, 0.1) is 30.8 Å². The van der Waals surface area contributed by atoms with Gasteiger partial charge in [0.15, 0.2) is 0 Å². The predicted octanol–water partition coefficient (Wildman–Crippen LogP) is 1.02. The van der Waals surface area contributed by atoms with Gasteiger partial charge in [0.25, 0.3) is 0 Å². The summed E-state index contributed by atoms with van der Waals surface area (Å²) in [7, 11) is 0. The molecule has 3 N–H and O–H groups in total. The molecule has 1 aliphatic heterocycles. The van der Waals surface area contributed by atoms with Gasteiger partial charge in [-0.1, -0.05) is 12.1 Å². The summed E-state index contributed by atoms with van der Waals surface area (Å²) in [6, 6.07) is 7.54. The zero-order valence-corrected chi connectivity index (χ0v) is 11.7. The van der Waals surface area contributed by atoms with Crippen LogP contribution in [0, 0.1) is 0 Å². The number of hydrogen-bond acceptors (Lipinski definition) is 5. The van der Waals surface area contributed by atoms with Gasteiger partial charge in [-0.25, -0.2) is 4.68 Å². The average molecular weight is 275 g/mol. The minimum atomic E-state index is 0.754. The highest BCUT2D eigenvalue weighted by molar-refractivity contribution is 5.44. The zero-order valence-electron chi connectivity index (χ0n) is 11.7. The van der Waals surface area contributed by atoms with Crippen molar-refractivity contribution in [2.24, 2.45) is 0 Å². The zero-order chi connectivity index (χ0) is 14.2. The van der Waals surface area contributed by atoms with Crippen LogP contribution in [-0.2, 0) is 11.2 Å². The standard InChI is InChI=1S/C10H12N4.C4H9NO/c1-2-9-7-14(13-12-9)10-5-3-8(11)4-6-10;1-3-6-4-2-5-1/h3-7H,2,11H2,1H3;5H,1-4H2. The van der Waals surface area contributed by atoms with E-state index in [1.165, 1.54) is 0 Å². The maximum Gasteiger partial charge on any atom is 0.0829 e. The van der Waals surface area contributed by atoms with Gasteiger partial charge in [0, 0.05) is 18.8 Å². The Morgan fingerprint density at radius 1 is 1.25 bits per heavy atom. The summed E-state index contributed by atoms with van der Waals surface area (Å²) < 4.78 is 6.76. The first kappa shape index (κ1) is 14.5. The molecule has 0 radical (unpaired) electrons. The van der Waals surface area contributed by atoms with E-state index in [2.05, 4.69) is 22.6 Å². The van der Waals surface area contributed by atoms with Crippen LogP contribution in [0.15, 0.2) is 30.5 Å². The molecule has 0 spiro atoms. The number of nitrogen functional groups attached to an aromatic ring is 1. The molecule has 0 unspecified atom stereocenters. The van der Waals surface area contributed by atoms with E-state index in [0.29, 0.717) is 0 Å². The fraction of sp³-hybridized carbons (Fsp3) is 0.429. The molecule has 20 heavy (non-hydrogen) atoms. The molecule has 2 aromatic rings. The van der Waals surface area contributed by atoms with Crippen LogP contribution < -0.4 is 11.1 Å². The minimum Gasteiger partial charge on any atom is -0.399 e. The van der Waals surface area contributed by atoms with Gasteiger partial charge in [-0.2, -0.15) is 0 Å². The lowest BCUT2D eigenvalue weighted by Gasteiger charge is -2.10. The normalized spacial score (nSPS) is 14.4. The molecule has 1 aliphatic rings. The molecule has 1 aromatic heterocycles. The average Bonchev–Trinajstić information content (AvgIpc) is 2.99. The van der Waals surface area contributed by atoms with Crippen molar-refractivity contribution in [2.75, 3.05) is 32.0 Å². The van der Waals surface area contributed by atoms with Crippen LogP contribution in [0.5, 0.6) is 0 Å².